The number of nitrogens with zero attached hydrogens (tertiary/aromatic N) is 1. The Morgan fingerprint density at radius 1 is 0.968 bits per heavy atom. The first-order valence-corrected chi connectivity index (χ1v) is 10.7. The molecule has 0 aliphatic rings. The third kappa shape index (κ3) is 5.42. The Balaban J connectivity index is 0.00000272. The predicted octanol–water partition coefficient (Wildman–Crippen LogP) is 7.20. The minimum atomic E-state index is -0.198. The topological polar surface area (TPSA) is 17.0 Å². The lowest BCUT2D eigenvalue weighted by molar-refractivity contribution is 0.626. The molecule has 0 aliphatic carbocycles. The van der Waals surface area contributed by atoms with Gasteiger partial charge < -0.3 is 9.88 Å². The van der Waals surface area contributed by atoms with Crippen LogP contribution in [0.3, 0.4) is 0 Å². The quantitative estimate of drug-likeness (QED) is 0.279. The molecule has 3 aromatic carbocycles. The van der Waals surface area contributed by atoms with Crippen molar-refractivity contribution in [1.82, 2.24) is 9.88 Å². The van der Waals surface area contributed by atoms with Gasteiger partial charge in [0.05, 0.1) is 0 Å². The zero-order valence-corrected chi connectivity index (χ0v) is 19.5. The van der Waals surface area contributed by atoms with Gasteiger partial charge in [-0.25, -0.2) is 4.39 Å². The second-order valence-corrected chi connectivity index (χ2v) is 8.30. The molecule has 0 saturated heterocycles. The normalized spacial score (nSPS) is 11.0. The molecule has 31 heavy (non-hydrogen) atoms. The fourth-order valence-corrected chi connectivity index (χ4v) is 4.32. The highest BCUT2D eigenvalue weighted by molar-refractivity contribution is 6.35. The van der Waals surface area contributed by atoms with Crippen LogP contribution in [0.1, 0.15) is 22.4 Å². The maximum Gasteiger partial charge on any atom is 0.123 e. The van der Waals surface area contributed by atoms with Crippen molar-refractivity contribution in [3.8, 4) is 0 Å². The predicted molar refractivity (Wildman–Crippen MR) is 131 cm³/mol. The number of para-hydroxylation sites is 1. The Morgan fingerprint density at radius 2 is 1.71 bits per heavy atom. The molecule has 1 N–H and O–H groups in total. The highest BCUT2D eigenvalue weighted by atomic mass is 35.5. The van der Waals surface area contributed by atoms with Gasteiger partial charge in [-0.15, -0.1) is 12.4 Å². The third-order valence-corrected chi connectivity index (χ3v) is 6.10. The Hall–Kier alpha value is -2.04. The van der Waals surface area contributed by atoms with E-state index in [0.29, 0.717) is 16.6 Å². The lowest BCUT2D eigenvalue weighted by Crippen LogP contribution is -2.17. The van der Waals surface area contributed by atoms with E-state index in [1.165, 1.54) is 34.3 Å². The lowest BCUT2D eigenvalue weighted by Gasteiger charge is -2.11. The molecule has 162 valence electrons. The van der Waals surface area contributed by atoms with Crippen LogP contribution >= 0.6 is 35.6 Å². The number of halogens is 4. The molecule has 0 unspecified atom stereocenters. The molecule has 0 atom stereocenters. The second-order valence-electron chi connectivity index (χ2n) is 7.46. The monoisotopic (exact) mass is 476 g/mol. The highest BCUT2D eigenvalue weighted by Crippen LogP contribution is 2.29. The van der Waals surface area contributed by atoms with E-state index < -0.39 is 0 Å². The number of hydrogen-bond donors (Lipinski definition) is 1. The summed E-state index contributed by atoms with van der Waals surface area (Å²) in [6.07, 6.45) is 0.859. The number of hydrogen-bond acceptors (Lipinski definition) is 1. The first kappa shape index (κ1) is 23.6. The summed E-state index contributed by atoms with van der Waals surface area (Å²) in [6.45, 7) is 4.45. The summed E-state index contributed by atoms with van der Waals surface area (Å²) in [4.78, 5) is 0. The van der Waals surface area contributed by atoms with Gasteiger partial charge in [0.25, 0.3) is 0 Å². The van der Waals surface area contributed by atoms with E-state index in [0.717, 1.165) is 30.6 Å². The molecular formula is C25H24Cl3FN2. The van der Waals surface area contributed by atoms with E-state index in [9.17, 15) is 4.39 Å². The SMILES string of the molecule is Cc1c(CNCCc2ccc(F)cc2)c2ccccc2n1Cc1ccc(Cl)cc1Cl.Cl. The first-order chi connectivity index (χ1) is 14.5. The van der Waals surface area contributed by atoms with Gasteiger partial charge in [-0.3, -0.25) is 0 Å². The van der Waals surface area contributed by atoms with Gasteiger partial charge in [-0.05, 0) is 66.9 Å². The van der Waals surface area contributed by atoms with Crippen LogP contribution in [-0.2, 0) is 19.5 Å². The van der Waals surface area contributed by atoms with E-state index in [2.05, 4.69) is 41.1 Å². The third-order valence-electron chi connectivity index (χ3n) is 5.51. The maximum atomic E-state index is 13.1. The van der Waals surface area contributed by atoms with E-state index in [1.807, 2.05) is 24.3 Å². The van der Waals surface area contributed by atoms with Crippen molar-refractivity contribution >= 4 is 46.5 Å². The molecule has 0 spiro atoms. The fraction of sp³-hybridized carbons (Fsp3) is 0.200. The molecule has 0 fully saturated rings. The van der Waals surface area contributed by atoms with Gasteiger partial charge >= 0.3 is 0 Å². The number of aromatic nitrogens is 1. The summed E-state index contributed by atoms with van der Waals surface area (Å²) < 4.78 is 15.4. The summed E-state index contributed by atoms with van der Waals surface area (Å²) in [7, 11) is 0. The van der Waals surface area contributed by atoms with Crippen LogP contribution in [0.4, 0.5) is 4.39 Å². The van der Waals surface area contributed by atoms with Crippen molar-refractivity contribution in [3.63, 3.8) is 0 Å². The van der Waals surface area contributed by atoms with Crippen LogP contribution in [0.2, 0.25) is 10.0 Å². The highest BCUT2D eigenvalue weighted by Gasteiger charge is 2.14. The number of fused-ring (bicyclic) bond motifs is 1. The average Bonchev–Trinajstić information content (AvgIpc) is 3.00. The summed E-state index contributed by atoms with van der Waals surface area (Å²) >= 11 is 12.5. The number of rotatable bonds is 7. The van der Waals surface area contributed by atoms with Gasteiger partial charge in [0.1, 0.15) is 5.82 Å². The molecule has 0 bridgehead atoms. The molecule has 1 heterocycles. The van der Waals surface area contributed by atoms with Crippen molar-refractivity contribution in [2.45, 2.75) is 26.4 Å². The van der Waals surface area contributed by atoms with Gasteiger partial charge in [-0.1, -0.05) is 59.6 Å². The van der Waals surface area contributed by atoms with Crippen molar-refractivity contribution in [2.24, 2.45) is 0 Å². The summed E-state index contributed by atoms with van der Waals surface area (Å²) in [6, 6.07) is 20.8. The minimum absolute atomic E-state index is 0. The smallest absolute Gasteiger partial charge is 0.123 e. The van der Waals surface area contributed by atoms with Crippen LogP contribution in [0.15, 0.2) is 66.7 Å². The van der Waals surface area contributed by atoms with E-state index in [4.69, 9.17) is 23.2 Å². The van der Waals surface area contributed by atoms with Crippen molar-refractivity contribution < 1.29 is 4.39 Å². The van der Waals surface area contributed by atoms with Crippen molar-refractivity contribution in [3.05, 3.63) is 105 Å². The minimum Gasteiger partial charge on any atom is -0.340 e. The van der Waals surface area contributed by atoms with E-state index in [-0.39, 0.29) is 18.2 Å². The van der Waals surface area contributed by atoms with Crippen molar-refractivity contribution in [2.75, 3.05) is 6.54 Å². The zero-order chi connectivity index (χ0) is 21.1. The Labute approximate surface area is 198 Å². The molecule has 2 nitrogen and oxygen atoms in total. The maximum absolute atomic E-state index is 13.1. The molecule has 0 radical (unpaired) electrons. The van der Waals surface area contributed by atoms with Crippen molar-refractivity contribution in [1.29, 1.82) is 0 Å². The second kappa shape index (κ2) is 10.5. The van der Waals surface area contributed by atoms with Gasteiger partial charge in [0.2, 0.25) is 0 Å². The van der Waals surface area contributed by atoms with Crippen LogP contribution in [0.5, 0.6) is 0 Å². The number of benzene rings is 3. The molecule has 1 aromatic heterocycles. The average molecular weight is 478 g/mol. The molecule has 0 amide bonds. The molecule has 6 heteroatoms. The molecule has 4 rings (SSSR count). The largest absolute Gasteiger partial charge is 0.340 e. The zero-order valence-electron chi connectivity index (χ0n) is 17.2. The summed E-state index contributed by atoms with van der Waals surface area (Å²) in [5.41, 5.74) is 5.86. The Bertz CT molecular complexity index is 1170. The van der Waals surface area contributed by atoms with Crippen LogP contribution in [-0.4, -0.2) is 11.1 Å². The van der Waals surface area contributed by atoms with E-state index >= 15 is 0 Å². The van der Waals surface area contributed by atoms with Gasteiger partial charge in [0.15, 0.2) is 0 Å². The Morgan fingerprint density at radius 3 is 2.45 bits per heavy atom. The lowest BCUT2D eigenvalue weighted by atomic mass is 10.1. The molecular weight excluding hydrogens is 454 g/mol. The molecule has 0 aliphatic heterocycles. The number of nitrogens with one attached hydrogen (secondary N) is 1. The molecule has 4 aromatic rings. The van der Waals surface area contributed by atoms with Crippen LogP contribution < -0.4 is 5.32 Å². The summed E-state index contributed by atoms with van der Waals surface area (Å²) in [5, 5.41) is 6.11. The molecule has 0 saturated carbocycles. The first-order valence-electron chi connectivity index (χ1n) is 9.98. The van der Waals surface area contributed by atoms with E-state index in [1.54, 1.807) is 6.07 Å². The standard InChI is InChI=1S/C25H23Cl2FN2.ClH/c1-17-23(15-29-13-12-18-6-10-21(28)11-7-18)22-4-2-3-5-25(22)30(17)16-19-8-9-20(26)14-24(19)27;/h2-11,14,29H,12-13,15-16H2,1H3;1H. The Kier molecular flexibility index (Phi) is 8.01. The van der Waals surface area contributed by atoms with Crippen LogP contribution in [0, 0.1) is 12.7 Å². The van der Waals surface area contributed by atoms with Gasteiger partial charge in [0, 0.05) is 39.7 Å². The summed E-state index contributed by atoms with van der Waals surface area (Å²) in [5.74, 6) is -0.198. The van der Waals surface area contributed by atoms with Gasteiger partial charge in [-0.2, -0.15) is 0 Å². The van der Waals surface area contributed by atoms with Crippen LogP contribution in [0.25, 0.3) is 10.9 Å². The fourth-order valence-electron chi connectivity index (χ4n) is 3.85.